The summed E-state index contributed by atoms with van der Waals surface area (Å²) < 4.78 is 3.72. The van der Waals surface area contributed by atoms with Crippen molar-refractivity contribution in [2.45, 2.75) is 6.92 Å². The van der Waals surface area contributed by atoms with Gasteiger partial charge in [0.1, 0.15) is 7.11 Å². The number of aromatic nitrogens is 2. The van der Waals surface area contributed by atoms with E-state index >= 15 is 0 Å². The molecule has 0 atom stereocenters. The Labute approximate surface area is 62.7 Å². The van der Waals surface area contributed by atoms with E-state index in [9.17, 15) is 0 Å². The van der Waals surface area contributed by atoms with Crippen LogP contribution >= 0.6 is 11.5 Å². The highest BCUT2D eigenvalue weighted by Gasteiger charge is 1.97. The molecule has 5 heteroatoms. The quantitative estimate of drug-likeness (QED) is 0.472. The highest BCUT2D eigenvalue weighted by molar-refractivity contribution is 7.07. The summed E-state index contributed by atoms with van der Waals surface area (Å²) in [7, 11) is 1.50. The number of nitrogens with zero attached hydrogens (tertiary/aromatic N) is 3. The SMILES string of the molecule is CON=Cc1snnc1C. The van der Waals surface area contributed by atoms with Crippen molar-refractivity contribution in [3.05, 3.63) is 10.6 Å². The number of hydrogen-bond donors (Lipinski definition) is 0. The van der Waals surface area contributed by atoms with Gasteiger partial charge in [0.2, 0.25) is 0 Å². The summed E-state index contributed by atoms with van der Waals surface area (Å²) >= 11 is 1.30. The number of hydrogen-bond acceptors (Lipinski definition) is 5. The Balaban J connectivity index is 2.74. The lowest BCUT2D eigenvalue weighted by Crippen LogP contribution is -1.80. The van der Waals surface area contributed by atoms with Gasteiger partial charge in [-0.1, -0.05) is 9.64 Å². The summed E-state index contributed by atoms with van der Waals surface area (Å²) in [6.07, 6.45) is 1.60. The van der Waals surface area contributed by atoms with Crippen LogP contribution < -0.4 is 0 Å². The molecule has 10 heavy (non-hydrogen) atoms. The predicted octanol–water partition coefficient (Wildman–Crippen LogP) is 0.827. The largest absolute Gasteiger partial charge is 0.399 e. The lowest BCUT2D eigenvalue weighted by molar-refractivity contribution is 0.215. The van der Waals surface area contributed by atoms with Crippen LogP contribution in [0.4, 0.5) is 0 Å². The van der Waals surface area contributed by atoms with Gasteiger partial charge in [0.05, 0.1) is 16.8 Å². The van der Waals surface area contributed by atoms with Crippen LogP contribution in [0.15, 0.2) is 5.16 Å². The lowest BCUT2D eigenvalue weighted by Gasteiger charge is -1.83. The first-order valence-corrected chi connectivity index (χ1v) is 3.47. The van der Waals surface area contributed by atoms with Gasteiger partial charge in [-0.15, -0.1) is 5.10 Å². The molecule has 1 aromatic rings. The van der Waals surface area contributed by atoms with E-state index in [-0.39, 0.29) is 0 Å². The molecule has 0 aliphatic rings. The molecule has 0 amide bonds. The molecule has 0 aliphatic carbocycles. The van der Waals surface area contributed by atoms with Crippen LogP contribution in [0.3, 0.4) is 0 Å². The Morgan fingerprint density at radius 3 is 3.00 bits per heavy atom. The van der Waals surface area contributed by atoms with Crippen LogP contribution in [0.2, 0.25) is 0 Å². The topological polar surface area (TPSA) is 47.4 Å². The first kappa shape index (κ1) is 7.14. The van der Waals surface area contributed by atoms with Crippen LogP contribution in [0.5, 0.6) is 0 Å². The van der Waals surface area contributed by atoms with Crippen molar-refractivity contribution in [3.63, 3.8) is 0 Å². The fourth-order valence-corrected chi connectivity index (χ4v) is 0.973. The normalized spacial score (nSPS) is 10.6. The Morgan fingerprint density at radius 2 is 2.50 bits per heavy atom. The molecular weight excluding hydrogens is 150 g/mol. The Hall–Kier alpha value is -0.970. The molecule has 4 nitrogen and oxygen atoms in total. The van der Waals surface area contributed by atoms with E-state index in [2.05, 4.69) is 19.6 Å². The summed E-state index contributed by atoms with van der Waals surface area (Å²) in [5.41, 5.74) is 0.880. The van der Waals surface area contributed by atoms with E-state index in [1.165, 1.54) is 18.6 Å². The second-order valence-corrected chi connectivity index (χ2v) is 2.43. The maximum absolute atomic E-state index is 4.49. The zero-order chi connectivity index (χ0) is 7.40. The zero-order valence-corrected chi connectivity index (χ0v) is 6.55. The molecule has 1 aromatic heterocycles. The molecule has 0 radical (unpaired) electrons. The van der Waals surface area contributed by atoms with Crippen molar-refractivity contribution in [2.24, 2.45) is 5.16 Å². The second kappa shape index (κ2) is 3.26. The third kappa shape index (κ3) is 1.51. The number of rotatable bonds is 2. The predicted molar refractivity (Wildman–Crippen MR) is 39.2 cm³/mol. The fraction of sp³-hybridized carbons (Fsp3) is 0.400. The van der Waals surface area contributed by atoms with Crippen molar-refractivity contribution >= 4 is 17.7 Å². The van der Waals surface area contributed by atoms with Gasteiger partial charge in [-0.25, -0.2) is 0 Å². The number of aryl methyl sites for hydroxylation is 1. The van der Waals surface area contributed by atoms with E-state index < -0.39 is 0 Å². The van der Waals surface area contributed by atoms with E-state index in [1.807, 2.05) is 6.92 Å². The van der Waals surface area contributed by atoms with Crippen LogP contribution in [-0.2, 0) is 4.84 Å². The molecule has 0 saturated carbocycles. The minimum atomic E-state index is 0.880. The monoisotopic (exact) mass is 157 g/mol. The van der Waals surface area contributed by atoms with Crippen LogP contribution in [0.1, 0.15) is 10.6 Å². The minimum absolute atomic E-state index is 0.880. The van der Waals surface area contributed by atoms with Crippen molar-refractivity contribution in [3.8, 4) is 0 Å². The molecular formula is C5H7N3OS. The number of oxime groups is 1. The standard InChI is InChI=1S/C5H7N3OS/c1-4-5(3-6-9-2)10-8-7-4/h3H,1-2H3. The smallest absolute Gasteiger partial charge is 0.106 e. The molecule has 54 valence electrons. The third-order valence-corrected chi connectivity index (χ3v) is 1.72. The molecule has 1 heterocycles. The first-order chi connectivity index (χ1) is 4.84. The third-order valence-electron chi connectivity index (χ3n) is 0.962. The van der Waals surface area contributed by atoms with Crippen LogP contribution in [-0.4, -0.2) is 22.9 Å². The second-order valence-electron chi connectivity index (χ2n) is 1.64. The molecule has 0 fully saturated rings. The van der Waals surface area contributed by atoms with Crippen molar-refractivity contribution < 1.29 is 4.84 Å². The molecule has 0 aliphatic heterocycles. The molecule has 1 rings (SSSR count). The maximum atomic E-state index is 4.49. The summed E-state index contributed by atoms with van der Waals surface area (Å²) in [6, 6.07) is 0. The lowest BCUT2D eigenvalue weighted by atomic mass is 10.4. The summed E-state index contributed by atoms with van der Waals surface area (Å²) in [5, 5.41) is 7.37. The van der Waals surface area contributed by atoms with Gasteiger partial charge in [-0.2, -0.15) is 0 Å². The molecule has 0 N–H and O–H groups in total. The van der Waals surface area contributed by atoms with Gasteiger partial charge >= 0.3 is 0 Å². The highest BCUT2D eigenvalue weighted by Crippen LogP contribution is 2.04. The summed E-state index contributed by atoms with van der Waals surface area (Å²) in [6.45, 7) is 1.88. The summed E-state index contributed by atoms with van der Waals surface area (Å²) in [4.78, 5) is 5.42. The van der Waals surface area contributed by atoms with Gasteiger partial charge in [-0.05, 0) is 18.5 Å². The van der Waals surface area contributed by atoms with E-state index in [4.69, 9.17) is 0 Å². The Morgan fingerprint density at radius 1 is 1.70 bits per heavy atom. The van der Waals surface area contributed by atoms with Crippen molar-refractivity contribution in [1.29, 1.82) is 0 Å². The van der Waals surface area contributed by atoms with Gasteiger partial charge in [0.25, 0.3) is 0 Å². The van der Waals surface area contributed by atoms with Crippen molar-refractivity contribution in [2.75, 3.05) is 7.11 Å². The van der Waals surface area contributed by atoms with Gasteiger partial charge in [0.15, 0.2) is 0 Å². The maximum Gasteiger partial charge on any atom is 0.106 e. The Kier molecular flexibility index (Phi) is 2.33. The van der Waals surface area contributed by atoms with Crippen molar-refractivity contribution in [1.82, 2.24) is 9.59 Å². The van der Waals surface area contributed by atoms with E-state index in [1.54, 1.807) is 6.21 Å². The average Bonchev–Trinajstić information content (AvgIpc) is 2.31. The molecule has 0 aromatic carbocycles. The molecule has 0 bridgehead atoms. The minimum Gasteiger partial charge on any atom is -0.399 e. The molecule has 0 unspecified atom stereocenters. The first-order valence-electron chi connectivity index (χ1n) is 2.70. The molecule has 0 spiro atoms. The molecule has 0 saturated heterocycles. The van der Waals surface area contributed by atoms with E-state index in [0.717, 1.165) is 10.6 Å². The van der Waals surface area contributed by atoms with Crippen LogP contribution in [0, 0.1) is 6.92 Å². The van der Waals surface area contributed by atoms with Gasteiger partial charge in [-0.3, -0.25) is 0 Å². The van der Waals surface area contributed by atoms with Crippen LogP contribution in [0.25, 0.3) is 0 Å². The van der Waals surface area contributed by atoms with E-state index in [0.29, 0.717) is 0 Å². The van der Waals surface area contributed by atoms with Gasteiger partial charge < -0.3 is 4.84 Å². The Bertz CT molecular complexity index is 233. The summed E-state index contributed by atoms with van der Waals surface area (Å²) in [5.74, 6) is 0. The zero-order valence-electron chi connectivity index (χ0n) is 5.74. The van der Waals surface area contributed by atoms with Gasteiger partial charge in [0, 0.05) is 0 Å². The average molecular weight is 157 g/mol. The fourth-order valence-electron chi connectivity index (χ4n) is 0.459. The highest BCUT2D eigenvalue weighted by atomic mass is 32.1.